The maximum atomic E-state index is 12.6. The van der Waals surface area contributed by atoms with Gasteiger partial charge in [0, 0.05) is 19.3 Å². The van der Waals surface area contributed by atoms with Gasteiger partial charge in [-0.1, -0.05) is 6.92 Å². The first-order valence-electron chi connectivity index (χ1n) is 8.86. The molecule has 4 rings (SSSR count). The van der Waals surface area contributed by atoms with Gasteiger partial charge in [-0.05, 0) is 45.4 Å². The van der Waals surface area contributed by atoms with Gasteiger partial charge in [-0.25, -0.2) is 0 Å². The predicted molar refractivity (Wildman–Crippen MR) is 84.8 cm³/mol. The van der Waals surface area contributed by atoms with Crippen molar-refractivity contribution in [1.82, 2.24) is 0 Å². The average Bonchev–Trinajstić information content (AvgIpc) is 2.42. The van der Waals surface area contributed by atoms with Crippen LogP contribution in [0.5, 0.6) is 0 Å². The molecule has 0 aromatic carbocycles. The van der Waals surface area contributed by atoms with Gasteiger partial charge in [-0.3, -0.25) is 4.79 Å². The predicted octanol–water partition coefficient (Wildman–Crippen LogP) is 2.18. The number of aliphatic hydroxyl groups excluding tert-OH is 1. The average molecular weight is 326 g/mol. The molecule has 0 saturated heterocycles. The van der Waals surface area contributed by atoms with E-state index in [-0.39, 0.29) is 19.2 Å². The third-order valence-electron chi connectivity index (χ3n) is 6.18. The molecule has 2 N–H and O–H groups in total. The number of rotatable bonds is 6. The van der Waals surface area contributed by atoms with Gasteiger partial charge < -0.3 is 19.7 Å². The molecule has 23 heavy (non-hydrogen) atoms. The zero-order valence-corrected chi connectivity index (χ0v) is 14.6. The highest BCUT2D eigenvalue weighted by Crippen LogP contribution is 2.62. The number of ether oxygens (including phenoxy) is 2. The number of carbonyl (C=O) groups is 1. The Kier molecular flexibility index (Phi) is 4.06. The van der Waals surface area contributed by atoms with Gasteiger partial charge in [0.2, 0.25) is 0 Å². The molecule has 4 fully saturated rings. The monoisotopic (exact) mass is 326 g/mol. The summed E-state index contributed by atoms with van der Waals surface area (Å²) in [6.07, 6.45) is 4.97. The van der Waals surface area contributed by atoms with E-state index in [0.29, 0.717) is 25.2 Å². The smallest absolute Gasteiger partial charge is 0.312 e. The second-order valence-corrected chi connectivity index (χ2v) is 8.80. The number of aliphatic hydroxyl groups is 2. The van der Waals surface area contributed by atoms with Crippen LogP contribution in [-0.2, 0) is 14.3 Å². The highest BCUT2D eigenvalue weighted by molar-refractivity contribution is 5.76. The fourth-order valence-electron chi connectivity index (χ4n) is 5.23. The molecule has 132 valence electrons. The number of esters is 1. The molecule has 0 amide bonds. The van der Waals surface area contributed by atoms with Crippen LogP contribution in [0.25, 0.3) is 0 Å². The Bertz CT molecular complexity index is 490. The van der Waals surface area contributed by atoms with E-state index in [1.807, 2.05) is 20.8 Å². The van der Waals surface area contributed by atoms with E-state index in [1.54, 1.807) is 0 Å². The van der Waals surface area contributed by atoms with Gasteiger partial charge in [0.1, 0.15) is 5.60 Å². The summed E-state index contributed by atoms with van der Waals surface area (Å²) >= 11 is 0. The van der Waals surface area contributed by atoms with Crippen LogP contribution in [0.2, 0.25) is 0 Å². The molecule has 4 aliphatic carbocycles. The molecule has 0 aliphatic heterocycles. The van der Waals surface area contributed by atoms with Crippen LogP contribution in [0.1, 0.15) is 65.7 Å². The minimum Gasteiger partial charge on any atom is -0.458 e. The van der Waals surface area contributed by atoms with Crippen LogP contribution in [0, 0.1) is 11.3 Å². The van der Waals surface area contributed by atoms with Gasteiger partial charge in [0.25, 0.3) is 0 Å². The topological polar surface area (TPSA) is 76.0 Å². The van der Waals surface area contributed by atoms with E-state index in [1.165, 1.54) is 0 Å². The first-order valence-corrected chi connectivity index (χ1v) is 8.86. The molecule has 4 bridgehead atoms. The minimum atomic E-state index is -0.800. The van der Waals surface area contributed by atoms with Crippen LogP contribution in [0.4, 0.5) is 0 Å². The zero-order valence-electron chi connectivity index (χ0n) is 14.6. The third kappa shape index (κ3) is 3.03. The highest BCUT2D eigenvalue weighted by Gasteiger charge is 2.65. The van der Waals surface area contributed by atoms with E-state index in [4.69, 9.17) is 14.6 Å². The molecule has 0 aromatic heterocycles. The van der Waals surface area contributed by atoms with Crippen molar-refractivity contribution in [2.24, 2.45) is 11.3 Å². The van der Waals surface area contributed by atoms with Crippen molar-refractivity contribution in [3.8, 4) is 0 Å². The molecule has 4 unspecified atom stereocenters. The summed E-state index contributed by atoms with van der Waals surface area (Å²) in [6.45, 7) is 6.04. The molecule has 5 heteroatoms. The summed E-state index contributed by atoms with van der Waals surface area (Å²) in [6, 6.07) is 0. The molecule has 0 spiro atoms. The molecule has 4 atom stereocenters. The molecule has 0 heterocycles. The number of hydrogen-bond acceptors (Lipinski definition) is 5. The standard InChI is InChI=1S/C18H30O5/c1-4-15(2,3)14(20)23-18-9-13-7-16(21,11-18)10-17(8-13,12-18)22-6-5-19/h13,19,21H,4-12H2,1-3H3. The Morgan fingerprint density at radius 1 is 1.17 bits per heavy atom. The van der Waals surface area contributed by atoms with Crippen LogP contribution in [-0.4, -0.2) is 46.2 Å². The fraction of sp³-hybridized carbons (Fsp3) is 0.944. The van der Waals surface area contributed by atoms with Crippen LogP contribution in [0.3, 0.4) is 0 Å². The molecule has 5 nitrogen and oxygen atoms in total. The minimum absolute atomic E-state index is 0.0273. The lowest BCUT2D eigenvalue weighted by atomic mass is 9.50. The molecule has 4 saturated carbocycles. The summed E-state index contributed by atoms with van der Waals surface area (Å²) in [4.78, 5) is 12.6. The second kappa shape index (κ2) is 5.43. The SMILES string of the molecule is CCC(C)(C)C(=O)OC12CC3CC(O)(CC(OCCO)(C3)C1)C2. The van der Waals surface area contributed by atoms with Crippen molar-refractivity contribution in [2.75, 3.05) is 13.2 Å². The second-order valence-electron chi connectivity index (χ2n) is 8.80. The maximum absolute atomic E-state index is 12.6. The molecular weight excluding hydrogens is 296 g/mol. The van der Waals surface area contributed by atoms with Crippen LogP contribution in [0.15, 0.2) is 0 Å². The fourth-order valence-corrected chi connectivity index (χ4v) is 5.23. The van der Waals surface area contributed by atoms with Crippen LogP contribution >= 0.6 is 0 Å². The van der Waals surface area contributed by atoms with Gasteiger partial charge in [0.15, 0.2) is 0 Å². The van der Waals surface area contributed by atoms with Gasteiger partial charge >= 0.3 is 5.97 Å². The lowest BCUT2D eigenvalue weighted by Gasteiger charge is -2.63. The lowest BCUT2D eigenvalue weighted by molar-refractivity contribution is -0.277. The summed E-state index contributed by atoms with van der Waals surface area (Å²) in [7, 11) is 0. The molecular formula is C18H30O5. The normalized spacial score (nSPS) is 42.0. The first kappa shape index (κ1) is 17.2. The first-order chi connectivity index (χ1) is 10.7. The van der Waals surface area contributed by atoms with Crippen molar-refractivity contribution in [1.29, 1.82) is 0 Å². The highest BCUT2D eigenvalue weighted by atomic mass is 16.6. The quantitative estimate of drug-likeness (QED) is 0.732. The Hall–Kier alpha value is -0.650. The Morgan fingerprint density at radius 3 is 2.43 bits per heavy atom. The molecule has 0 radical (unpaired) electrons. The Balaban J connectivity index is 1.83. The Morgan fingerprint density at radius 2 is 1.83 bits per heavy atom. The van der Waals surface area contributed by atoms with E-state index in [9.17, 15) is 9.90 Å². The van der Waals surface area contributed by atoms with Gasteiger partial charge in [-0.15, -0.1) is 0 Å². The number of carbonyl (C=O) groups excluding carboxylic acids is 1. The summed E-state index contributed by atoms with van der Waals surface area (Å²) in [5.74, 6) is 0.148. The Labute approximate surface area is 138 Å². The largest absolute Gasteiger partial charge is 0.458 e. The molecule has 0 aromatic rings. The van der Waals surface area contributed by atoms with Crippen molar-refractivity contribution in [2.45, 2.75) is 82.5 Å². The van der Waals surface area contributed by atoms with E-state index in [0.717, 1.165) is 25.7 Å². The summed E-state index contributed by atoms with van der Waals surface area (Å²) < 4.78 is 12.0. The van der Waals surface area contributed by atoms with Gasteiger partial charge in [-0.2, -0.15) is 0 Å². The van der Waals surface area contributed by atoms with E-state index >= 15 is 0 Å². The number of hydrogen-bond donors (Lipinski definition) is 2. The van der Waals surface area contributed by atoms with E-state index < -0.39 is 22.2 Å². The van der Waals surface area contributed by atoms with Crippen LogP contribution < -0.4 is 0 Å². The summed E-state index contributed by atoms with van der Waals surface area (Å²) in [5, 5.41) is 20.1. The van der Waals surface area contributed by atoms with E-state index in [2.05, 4.69) is 0 Å². The van der Waals surface area contributed by atoms with Crippen molar-refractivity contribution >= 4 is 5.97 Å². The molecule has 4 aliphatic rings. The maximum Gasteiger partial charge on any atom is 0.312 e. The van der Waals surface area contributed by atoms with Crippen molar-refractivity contribution in [3.05, 3.63) is 0 Å². The summed E-state index contributed by atoms with van der Waals surface area (Å²) in [5.41, 5.74) is -2.36. The third-order valence-corrected chi connectivity index (χ3v) is 6.18. The zero-order chi connectivity index (χ0) is 16.9. The van der Waals surface area contributed by atoms with Crippen molar-refractivity contribution < 1.29 is 24.5 Å². The lowest BCUT2D eigenvalue weighted by Crippen LogP contribution is -2.68. The van der Waals surface area contributed by atoms with Crippen molar-refractivity contribution in [3.63, 3.8) is 0 Å². The van der Waals surface area contributed by atoms with Gasteiger partial charge in [0.05, 0.1) is 29.8 Å².